The number of aliphatic carboxylic acids is 1. The predicted octanol–water partition coefficient (Wildman–Crippen LogP) is 0.963. The Hall–Kier alpha value is -2.44. The lowest BCUT2D eigenvalue weighted by Gasteiger charge is -2.31. The molecule has 0 aromatic carbocycles. The Morgan fingerprint density at radius 2 is 2.10 bits per heavy atom. The Morgan fingerprint density at radius 1 is 1.30 bits per heavy atom. The lowest BCUT2D eigenvalue weighted by molar-refractivity contribution is -0.141. The van der Waals surface area contributed by atoms with Gasteiger partial charge in [-0.15, -0.1) is 10.2 Å². The largest absolute Gasteiger partial charge is 0.481 e. The first-order valence-electron chi connectivity index (χ1n) is 6.55. The van der Waals surface area contributed by atoms with Crippen LogP contribution in [0.5, 0.6) is 0 Å². The van der Waals surface area contributed by atoms with E-state index in [-0.39, 0.29) is 5.92 Å². The summed E-state index contributed by atoms with van der Waals surface area (Å²) in [6, 6.07) is 5.51. The van der Waals surface area contributed by atoms with E-state index in [0.717, 1.165) is 19.4 Å². The van der Waals surface area contributed by atoms with Crippen molar-refractivity contribution in [3.05, 3.63) is 30.6 Å². The van der Waals surface area contributed by atoms with Crippen molar-refractivity contribution in [3.8, 4) is 5.82 Å². The van der Waals surface area contributed by atoms with Crippen molar-refractivity contribution in [2.24, 2.45) is 5.92 Å². The average Bonchev–Trinajstić information content (AvgIpc) is 3.02. The SMILES string of the molecule is O=C(O)C1CCCN(c2ccc(-n3cccn3)nn2)C1. The number of rotatable bonds is 3. The van der Waals surface area contributed by atoms with E-state index in [4.69, 9.17) is 5.11 Å². The normalized spacial score (nSPS) is 19.0. The van der Waals surface area contributed by atoms with E-state index in [9.17, 15) is 4.79 Å². The molecule has 0 bridgehead atoms. The minimum absolute atomic E-state index is 0.323. The highest BCUT2D eigenvalue weighted by Crippen LogP contribution is 2.21. The second kappa shape index (κ2) is 5.28. The zero-order valence-electron chi connectivity index (χ0n) is 10.9. The van der Waals surface area contributed by atoms with Crippen molar-refractivity contribution in [2.75, 3.05) is 18.0 Å². The van der Waals surface area contributed by atoms with Crippen molar-refractivity contribution in [1.82, 2.24) is 20.0 Å². The van der Waals surface area contributed by atoms with Crippen LogP contribution < -0.4 is 4.90 Å². The van der Waals surface area contributed by atoms with Crippen molar-refractivity contribution in [1.29, 1.82) is 0 Å². The van der Waals surface area contributed by atoms with Gasteiger partial charge in [0, 0.05) is 25.5 Å². The van der Waals surface area contributed by atoms with Gasteiger partial charge in [0.2, 0.25) is 0 Å². The third-order valence-corrected chi connectivity index (χ3v) is 3.47. The zero-order valence-corrected chi connectivity index (χ0v) is 10.9. The van der Waals surface area contributed by atoms with Crippen LogP contribution in [0, 0.1) is 5.92 Å². The molecular weight excluding hydrogens is 258 g/mol. The van der Waals surface area contributed by atoms with E-state index in [2.05, 4.69) is 15.3 Å². The molecule has 104 valence electrons. The average molecular weight is 273 g/mol. The first-order valence-corrected chi connectivity index (χ1v) is 6.55. The van der Waals surface area contributed by atoms with Crippen LogP contribution in [0.15, 0.2) is 30.6 Å². The summed E-state index contributed by atoms with van der Waals surface area (Å²) in [7, 11) is 0. The Morgan fingerprint density at radius 3 is 2.75 bits per heavy atom. The maximum Gasteiger partial charge on any atom is 0.308 e. The fourth-order valence-corrected chi connectivity index (χ4v) is 2.40. The van der Waals surface area contributed by atoms with E-state index in [1.54, 1.807) is 17.1 Å². The summed E-state index contributed by atoms with van der Waals surface area (Å²) in [5.41, 5.74) is 0. The molecule has 0 saturated carbocycles. The van der Waals surface area contributed by atoms with Crippen molar-refractivity contribution < 1.29 is 9.90 Å². The third kappa shape index (κ3) is 2.47. The van der Waals surface area contributed by atoms with Gasteiger partial charge in [0.25, 0.3) is 0 Å². The summed E-state index contributed by atoms with van der Waals surface area (Å²) in [4.78, 5) is 13.0. The third-order valence-electron chi connectivity index (χ3n) is 3.47. The molecule has 2 aromatic heterocycles. The van der Waals surface area contributed by atoms with Gasteiger partial charge in [0.15, 0.2) is 11.6 Å². The second-order valence-corrected chi connectivity index (χ2v) is 4.82. The highest BCUT2D eigenvalue weighted by molar-refractivity contribution is 5.71. The molecule has 1 unspecified atom stereocenters. The molecule has 1 saturated heterocycles. The molecule has 1 N–H and O–H groups in total. The van der Waals surface area contributed by atoms with Crippen molar-refractivity contribution in [2.45, 2.75) is 12.8 Å². The van der Waals surface area contributed by atoms with Crippen LogP contribution >= 0.6 is 0 Å². The molecular formula is C13H15N5O2. The van der Waals surface area contributed by atoms with Crippen LogP contribution in [0.3, 0.4) is 0 Å². The van der Waals surface area contributed by atoms with Gasteiger partial charge < -0.3 is 10.0 Å². The number of carbonyl (C=O) groups is 1. The fourth-order valence-electron chi connectivity index (χ4n) is 2.40. The molecule has 7 nitrogen and oxygen atoms in total. The van der Waals surface area contributed by atoms with Crippen LogP contribution in [0.4, 0.5) is 5.82 Å². The van der Waals surface area contributed by atoms with E-state index < -0.39 is 5.97 Å². The van der Waals surface area contributed by atoms with Crippen molar-refractivity contribution >= 4 is 11.8 Å². The van der Waals surface area contributed by atoms with Crippen LogP contribution in [-0.2, 0) is 4.79 Å². The van der Waals surface area contributed by atoms with E-state index >= 15 is 0 Å². The number of carboxylic acid groups (broad SMARTS) is 1. The van der Waals surface area contributed by atoms with Crippen LogP contribution in [0.25, 0.3) is 5.82 Å². The Balaban J connectivity index is 1.76. The van der Waals surface area contributed by atoms with Gasteiger partial charge in [0.1, 0.15) is 0 Å². The van der Waals surface area contributed by atoms with Crippen LogP contribution in [-0.4, -0.2) is 44.1 Å². The maximum atomic E-state index is 11.1. The van der Waals surface area contributed by atoms with Gasteiger partial charge in [-0.1, -0.05) is 0 Å². The molecule has 2 aromatic rings. The molecule has 3 rings (SSSR count). The molecule has 1 aliphatic heterocycles. The van der Waals surface area contributed by atoms with E-state index in [0.29, 0.717) is 18.2 Å². The van der Waals surface area contributed by atoms with E-state index in [1.165, 1.54) is 0 Å². The molecule has 0 aliphatic carbocycles. The standard InChI is InChI=1S/C13H15N5O2/c19-13(20)10-3-1-7-17(9-10)11-4-5-12(16-15-11)18-8-2-6-14-18/h2,4-6,8,10H,1,3,7,9H2,(H,19,20). The molecule has 0 amide bonds. The predicted molar refractivity (Wildman–Crippen MR) is 71.7 cm³/mol. The summed E-state index contributed by atoms with van der Waals surface area (Å²) in [6.45, 7) is 1.31. The first-order chi connectivity index (χ1) is 9.74. The Bertz CT molecular complexity index is 581. The van der Waals surface area contributed by atoms with Gasteiger partial charge in [-0.25, -0.2) is 4.68 Å². The van der Waals surface area contributed by atoms with Gasteiger partial charge in [-0.3, -0.25) is 4.79 Å². The monoisotopic (exact) mass is 273 g/mol. The summed E-state index contributed by atoms with van der Waals surface area (Å²) in [6.07, 6.45) is 5.06. The topological polar surface area (TPSA) is 84.1 Å². The minimum Gasteiger partial charge on any atom is -0.481 e. The molecule has 1 atom stereocenters. The van der Waals surface area contributed by atoms with Crippen LogP contribution in [0.1, 0.15) is 12.8 Å². The highest BCUT2D eigenvalue weighted by Gasteiger charge is 2.26. The number of hydrogen-bond acceptors (Lipinski definition) is 5. The number of anilines is 1. The molecule has 7 heteroatoms. The Labute approximate surface area is 115 Å². The summed E-state index contributed by atoms with van der Waals surface area (Å²) >= 11 is 0. The van der Waals surface area contributed by atoms with Crippen molar-refractivity contribution in [3.63, 3.8) is 0 Å². The lowest BCUT2D eigenvalue weighted by Crippen LogP contribution is -2.39. The first kappa shape index (κ1) is 12.6. The minimum atomic E-state index is -0.740. The van der Waals surface area contributed by atoms with Gasteiger partial charge in [0.05, 0.1) is 5.92 Å². The van der Waals surface area contributed by atoms with Gasteiger partial charge in [-0.2, -0.15) is 5.10 Å². The quantitative estimate of drug-likeness (QED) is 0.896. The smallest absolute Gasteiger partial charge is 0.308 e. The Kier molecular flexibility index (Phi) is 3.32. The number of nitrogens with zero attached hydrogens (tertiary/aromatic N) is 5. The lowest BCUT2D eigenvalue weighted by atomic mass is 9.98. The molecule has 0 radical (unpaired) electrons. The zero-order chi connectivity index (χ0) is 13.9. The molecule has 1 aliphatic rings. The summed E-state index contributed by atoms with van der Waals surface area (Å²) < 4.78 is 1.63. The summed E-state index contributed by atoms with van der Waals surface area (Å²) in [5.74, 6) is 0.296. The number of carboxylic acids is 1. The van der Waals surface area contributed by atoms with Crippen LogP contribution in [0.2, 0.25) is 0 Å². The number of piperidine rings is 1. The molecule has 3 heterocycles. The maximum absolute atomic E-state index is 11.1. The second-order valence-electron chi connectivity index (χ2n) is 4.82. The highest BCUT2D eigenvalue weighted by atomic mass is 16.4. The molecule has 20 heavy (non-hydrogen) atoms. The summed E-state index contributed by atoms with van der Waals surface area (Å²) in [5, 5.41) is 21.5. The molecule has 1 fully saturated rings. The van der Waals surface area contributed by atoms with E-state index in [1.807, 2.05) is 23.1 Å². The number of aromatic nitrogens is 4. The fraction of sp³-hybridized carbons (Fsp3) is 0.385. The van der Waals surface area contributed by atoms with Gasteiger partial charge >= 0.3 is 5.97 Å². The number of hydrogen-bond donors (Lipinski definition) is 1. The van der Waals surface area contributed by atoms with Gasteiger partial charge in [-0.05, 0) is 31.0 Å². The molecule has 0 spiro atoms.